The van der Waals surface area contributed by atoms with Crippen LogP contribution in [-0.4, -0.2) is 25.0 Å². The molecule has 1 aromatic rings. The second-order valence-electron chi connectivity index (χ2n) is 3.30. The molecule has 1 aromatic carbocycles. The quantitative estimate of drug-likeness (QED) is 0.596. The Labute approximate surface area is 104 Å². The first-order valence-corrected chi connectivity index (χ1v) is 6.23. The first-order valence-electron chi connectivity index (χ1n) is 5.11. The number of hydrogen-bond acceptors (Lipinski definition) is 3. The van der Waals surface area contributed by atoms with Crippen LogP contribution in [0.5, 0.6) is 5.75 Å². The van der Waals surface area contributed by atoms with Crippen LogP contribution in [0.4, 0.5) is 0 Å². The molecule has 0 fully saturated rings. The summed E-state index contributed by atoms with van der Waals surface area (Å²) in [5, 5.41) is 0.986. The van der Waals surface area contributed by atoms with Gasteiger partial charge in [0.15, 0.2) is 6.61 Å². The Morgan fingerprint density at radius 3 is 2.94 bits per heavy atom. The highest BCUT2D eigenvalue weighted by Crippen LogP contribution is 2.14. The predicted octanol–water partition coefficient (Wildman–Crippen LogP) is 2.57. The number of esters is 1. The summed E-state index contributed by atoms with van der Waals surface area (Å²) in [7, 11) is 1.35. The highest BCUT2D eigenvalue weighted by Gasteiger charge is 2.02. The maximum Gasteiger partial charge on any atom is 0.343 e. The van der Waals surface area contributed by atoms with E-state index in [0.717, 1.165) is 18.2 Å². The minimum atomic E-state index is -0.370. The number of alkyl halides is 1. The molecule has 0 bridgehead atoms. The molecule has 0 spiro atoms. The first kappa shape index (κ1) is 13.0. The molecule has 0 aliphatic carbocycles. The van der Waals surface area contributed by atoms with Crippen LogP contribution in [-0.2, 0) is 16.0 Å². The molecule has 16 heavy (non-hydrogen) atoms. The monoisotopic (exact) mass is 286 g/mol. The summed E-state index contributed by atoms with van der Waals surface area (Å²) in [4.78, 5) is 10.9. The van der Waals surface area contributed by atoms with E-state index in [1.165, 1.54) is 12.7 Å². The molecule has 0 heterocycles. The lowest BCUT2D eigenvalue weighted by Crippen LogP contribution is -2.12. The molecule has 0 N–H and O–H groups in total. The molecule has 3 nitrogen and oxygen atoms in total. The average molecular weight is 287 g/mol. The smallest absolute Gasteiger partial charge is 0.343 e. The maximum atomic E-state index is 10.9. The molecule has 0 radical (unpaired) electrons. The van der Waals surface area contributed by atoms with Crippen molar-refractivity contribution in [2.75, 3.05) is 19.0 Å². The van der Waals surface area contributed by atoms with Crippen molar-refractivity contribution in [2.24, 2.45) is 0 Å². The van der Waals surface area contributed by atoms with Crippen LogP contribution in [0.15, 0.2) is 24.3 Å². The topological polar surface area (TPSA) is 35.5 Å². The Hall–Kier alpha value is -1.03. The van der Waals surface area contributed by atoms with E-state index in [1.807, 2.05) is 24.3 Å². The van der Waals surface area contributed by atoms with E-state index < -0.39 is 0 Å². The van der Waals surface area contributed by atoms with Crippen LogP contribution < -0.4 is 4.74 Å². The molecule has 0 amide bonds. The van der Waals surface area contributed by atoms with E-state index in [4.69, 9.17) is 4.74 Å². The number of carbonyl (C=O) groups excluding carboxylic acids is 1. The molecule has 0 saturated heterocycles. The fourth-order valence-corrected chi connectivity index (χ4v) is 1.54. The van der Waals surface area contributed by atoms with Crippen LogP contribution in [0.1, 0.15) is 12.0 Å². The number of rotatable bonds is 6. The molecule has 0 saturated carbocycles. The van der Waals surface area contributed by atoms with Crippen LogP contribution in [0.25, 0.3) is 0 Å². The maximum absolute atomic E-state index is 10.9. The molecule has 0 atom stereocenters. The van der Waals surface area contributed by atoms with Crippen molar-refractivity contribution >= 4 is 21.9 Å². The number of carbonyl (C=O) groups is 1. The highest BCUT2D eigenvalue weighted by molar-refractivity contribution is 9.09. The largest absolute Gasteiger partial charge is 0.482 e. The summed E-state index contributed by atoms with van der Waals surface area (Å²) >= 11 is 3.39. The fourth-order valence-electron chi connectivity index (χ4n) is 1.26. The second-order valence-corrected chi connectivity index (χ2v) is 4.10. The third-order valence-corrected chi connectivity index (χ3v) is 2.64. The van der Waals surface area contributed by atoms with Gasteiger partial charge in [0, 0.05) is 5.33 Å². The first-order chi connectivity index (χ1) is 7.76. The molecule has 0 unspecified atom stereocenters. The third kappa shape index (κ3) is 4.66. The van der Waals surface area contributed by atoms with Crippen LogP contribution >= 0.6 is 15.9 Å². The Morgan fingerprint density at radius 2 is 2.25 bits per heavy atom. The van der Waals surface area contributed by atoms with Crippen molar-refractivity contribution in [3.05, 3.63) is 29.8 Å². The zero-order valence-electron chi connectivity index (χ0n) is 9.24. The standard InChI is InChI=1S/C12H15BrO3/c1-15-12(14)9-16-11-6-2-4-10(8-11)5-3-7-13/h2,4,6,8H,3,5,7,9H2,1H3. The zero-order valence-corrected chi connectivity index (χ0v) is 10.8. The minimum Gasteiger partial charge on any atom is -0.482 e. The van der Waals surface area contributed by atoms with Crippen LogP contribution in [0.2, 0.25) is 0 Å². The Kier molecular flexibility index (Phi) is 5.93. The van der Waals surface area contributed by atoms with Crippen molar-refractivity contribution in [1.82, 2.24) is 0 Å². The molecule has 0 aromatic heterocycles. The van der Waals surface area contributed by atoms with Gasteiger partial charge in [-0.3, -0.25) is 0 Å². The van der Waals surface area contributed by atoms with Crippen LogP contribution in [0.3, 0.4) is 0 Å². The lowest BCUT2D eigenvalue weighted by Gasteiger charge is -2.06. The number of halogens is 1. The molecule has 1 rings (SSSR count). The van der Waals surface area contributed by atoms with Crippen molar-refractivity contribution < 1.29 is 14.3 Å². The van der Waals surface area contributed by atoms with Crippen LogP contribution in [0, 0.1) is 0 Å². The molecule has 0 aliphatic heterocycles. The Morgan fingerprint density at radius 1 is 1.44 bits per heavy atom. The zero-order chi connectivity index (χ0) is 11.8. The van der Waals surface area contributed by atoms with E-state index in [1.54, 1.807) is 0 Å². The summed E-state index contributed by atoms with van der Waals surface area (Å²) in [5.74, 6) is 0.336. The third-order valence-electron chi connectivity index (χ3n) is 2.08. The SMILES string of the molecule is COC(=O)COc1cccc(CCCBr)c1. The van der Waals surface area contributed by atoms with Crippen molar-refractivity contribution in [3.8, 4) is 5.75 Å². The minimum absolute atomic E-state index is 0.0433. The van der Waals surface area contributed by atoms with Gasteiger partial charge < -0.3 is 9.47 Å². The van der Waals surface area contributed by atoms with Gasteiger partial charge in [-0.25, -0.2) is 4.79 Å². The summed E-state index contributed by atoms with van der Waals surface area (Å²) in [6.45, 7) is -0.0433. The van der Waals surface area contributed by atoms with Gasteiger partial charge in [-0.2, -0.15) is 0 Å². The molecule has 0 aliphatic rings. The lowest BCUT2D eigenvalue weighted by molar-refractivity contribution is -0.142. The van der Waals surface area contributed by atoms with E-state index in [9.17, 15) is 4.79 Å². The summed E-state index contributed by atoms with van der Waals surface area (Å²) in [5.41, 5.74) is 1.21. The normalized spacial score (nSPS) is 9.88. The van der Waals surface area contributed by atoms with Crippen molar-refractivity contribution in [1.29, 1.82) is 0 Å². The summed E-state index contributed by atoms with van der Waals surface area (Å²) in [6.07, 6.45) is 2.08. The van der Waals surface area contributed by atoms with E-state index in [-0.39, 0.29) is 12.6 Å². The molecular weight excluding hydrogens is 272 g/mol. The number of ether oxygens (including phenoxy) is 2. The van der Waals surface area contributed by atoms with Crippen molar-refractivity contribution in [3.63, 3.8) is 0 Å². The second kappa shape index (κ2) is 7.28. The number of benzene rings is 1. The van der Waals surface area contributed by atoms with E-state index in [0.29, 0.717) is 5.75 Å². The fraction of sp³-hybridized carbons (Fsp3) is 0.417. The predicted molar refractivity (Wildman–Crippen MR) is 66.1 cm³/mol. The lowest BCUT2D eigenvalue weighted by atomic mass is 10.1. The van der Waals surface area contributed by atoms with Gasteiger partial charge >= 0.3 is 5.97 Å². The van der Waals surface area contributed by atoms with Gasteiger partial charge in [0.2, 0.25) is 0 Å². The Balaban J connectivity index is 2.50. The van der Waals surface area contributed by atoms with Gasteiger partial charge in [-0.05, 0) is 30.5 Å². The van der Waals surface area contributed by atoms with Gasteiger partial charge in [0.05, 0.1) is 7.11 Å². The highest BCUT2D eigenvalue weighted by atomic mass is 79.9. The van der Waals surface area contributed by atoms with E-state index >= 15 is 0 Å². The molecule has 4 heteroatoms. The van der Waals surface area contributed by atoms with Gasteiger partial charge in [0.25, 0.3) is 0 Å². The number of methoxy groups -OCH3 is 1. The number of aryl methyl sites for hydroxylation is 1. The molecular formula is C12H15BrO3. The Bertz CT molecular complexity index is 339. The van der Waals surface area contributed by atoms with Gasteiger partial charge in [0.1, 0.15) is 5.75 Å². The summed E-state index contributed by atoms with van der Waals surface area (Å²) in [6, 6.07) is 7.76. The average Bonchev–Trinajstić information content (AvgIpc) is 2.34. The van der Waals surface area contributed by atoms with E-state index in [2.05, 4.69) is 20.7 Å². The van der Waals surface area contributed by atoms with Gasteiger partial charge in [-0.1, -0.05) is 28.1 Å². The van der Waals surface area contributed by atoms with Gasteiger partial charge in [-0.15, -0.1) is 0 Å². The summed E-state index contributed by atoms with van der Waals surface area (Å²) < 4.78 is 9.79. The van der Waals surface area contributed by atoms with Crippen molar-refractivity contribution in [2.45, 2.75) is 12.8 Å². The molecule has 88 valence electrons. The number of hydrogen-bond donors (Lipinski definition) is 0.